The molecule has 3 aromatic rings. The molecule has 0 unspecified atom stereocenters. The molecule has 0 amide bonds. The molecule has 0 bridgehead atoms. The molecule has 0 saturated heterocycles. The van der Waals surface area contributed by atoms with Crippen LogP contribution in [-0.4, -0.2) is 26.5 Å². The Morgan fingerprint density at radius 2 is 1.09 bits per heavy atom. The quantitative estimate of drug-likeness (QED) is 0.437. The summed E-state index contributed by atoms with van der Waals surface area (Å²) in [6, 6.07) is 16.9. The third-order valence-electron chi connectivity index (χ3n) is 5.26. The second-order valence-electron chi connectivity index (χ2n) is 10.4. The summed E-state index contributed by atoms with van der Waals surface area (Å²) in [6.45, 7) is 11.4. The van der Waals surface area contributed by atoms with Gasteiger partial charge in [0.25, 0.3) is 0 Å². The molecule has 0 spiro atoms. The molecule has 171 valence electrons. The molecule has 0 fully saturated rings. The minimum atomic E-state index is -0.497. The van der Waals surface area contributed by atoms with E-state index in [1.807, 2.05) is 84.0 Å². The Hall–Kier alpha value is -3.21. The minimum Gasteiger partial charge on any atom is -0.292 e. The molecular weight excluding hydrogens is 410 g/mol. The van der Waals surface area contributed by atoms with Gasteiger partial charge in [-0.15, -0.1) is 0 Å². The van der Waals surface area contributed by atoms with Gasteiger partial charge in [0.1, 0.15) is 11.4 Å². The van der Waals surface area contributed by atoms with Crippen LogP contribution in [0.15, 0.2) is 60.8 Å². The van der Waals surface area contributed by atoms with E-state index in [0.717, 1.165) is 23.0 Å². The molecule has 0 aromatic carbocycles. The highest BCUT2D eigenvalue weighted by Crippen LogP contribution is 2.25. The first-order chi connectivity index (χ1) is 15.4. The van der Waals surface area contributed by atoms with Crippen LogP contribution in [0.5, 0.6) is 0 Å². The molecule has 0 saturated carbocycles. The van der Waals surface area contributed by atoms with E-state index in [-0.39, 0.29) is 11.6 Å². The number of carbonyl (C=O) groups excluding carboxylic acids is 2. The Morgan fingerprint density at radius 1 is 0.636 bits per heavy atom. The van der Waals surface area contributed by atoms with Gasteiger partial charge in [-0.25, -0.2) is 9.97 Å². The third-order valence-corrected chi connectivity index (χ3v) is 5.26. The maximum absolute atomic E-state index is 12.7. The zero-order chi connectivity index (χ0) is 24.2. The molecular formula is C28H32N3O2. The van der Waals surface area contributed by atoms with Gasteiger partial charge in [-0.05, 0) is 36.4 Å². The summed E-state index contributed by atoms with van der Waals surface area (Å²) in [5.41, 5.74) is 2.39. The van der Waals surface area contributed by atoms with Crippen molar-refractivity contribution in [1.29, 1.82) is 0 Å². The predicted molar refractivity (Wildman–Crippen MR) is 130 cm³/mol. The number of rotatable bonds is 7. The monoisotopic (exact) mass is 442 g/mol. The first-order valence-corrected chi connectivity index (χ1v) is 11.2. The predicted octanol–water partition coefficient (Wildman–Crippen LogP) is 5.74. The summed E-state index contributed by atoms with van der Waals surface area (Å²) in [5.74, 6) is 1.05. The van der Waals surface area contributed by atoms with Crippen molar-refractivity contribution < 1.29 is 9.59 Å². The van der Waals surface area contributed by atoms with Crippen LogP contribution in [0.4, 0.5) is 0 Å². The largest absolute Gasteiger partial charge is 0.292 e. The van der Waals surface area contributed by atoms with E-state index in [4.69, 9.17) is 0 Å². The molecule has 0 aliphatic rings. The third kappa shape index (κ3) is 6.41. The van der Waals surface area contributed by atoms with Crippen molar-refractivity contribution in [3.63, 3.8) is 0 Å². The summed E-state index contributed by atoms with van der Waals surface area (Å²) in [7, 11) is 0. The fraction of sp³-hybridized carbons (Fsp3) is 0.357. The van der Waals surface area contributed by atoms with Crippen LogP contribution in [0.3, 0.4) is 0 Å². The molecule has 1 radical (unpaired) electrons. The van der Waals surface area contributed by atoms with E-state index in [1.54, 1.807) is 18.3 Å². The molecule has 0 aliphatic carbocycles. The van der Waals surface area contributed by atoms with E-state index < -0.39 is 10.8 Å². The van der Waals surface area contributed by atoms with Crippen molar-refractivity contribution in [3.05, 3.63) is 95.2 Å². The number of aromatic nitrogens is 3. The van der Waals surface area contributed by atoms with Crippen molar-refractivity contribution in [1.82, 2.24) is 15.0 Å². The number of ketones is 2. The maximum Gasteiger partial charge on any atom is 0.186 e. The highest BCUT2D eigenvalue weighted by molar-refractivity contribution is 5.98. The summed E-state index contributed by atoms with van der Waals surface area (Å²) in [5, 5.41) is 0. The van der Waals surface area contributed by atoms with Gasteiger partial charge in [0, 0.05) is 52.9 Å². The van der Waals surface area contributed by atoms with E-state index in [1.165, 1.54) is 0 Å². The van der Waals surface area contributed by atoms with Gasteiger partial charge in [0.15, 0.2) is 11.6 Å². The Labute approximate surface area is 196 Å². The van der Waals surface area contributed by atoms with Crippen molar-refractivity contribution in [3.8, 4) is 0 Å². The molecule has 3 heterocycles. The lowest BCUT2D eigenvalue weighted by molar-refractivity contribution is 0.0847. The van der Waals surface area contributed by atoms with Crippen LogP contribution in [0.1, 0.15) is 79.6 Å². The summed E-state index contributed by atoms with van der Waals surface area (Å²) < 4.78 is 0. The second-order valence-corrected chi connectivity index (χ2v) is 10.4. The second kappa shape index (κ2) is 9.74. The first-order valence-electron chi connectivity index (χ1n) is 11.2. The van der Waals surface area contributed by atoms with Crippen LogP contribution in [0.2, 0.25) is 0 Å². The van der Waals surface area contributed by atoms with Crippen molar-refractivity contribution in [2.24, 2.45) is 10.8 Å². The lowest BCUT2D eigenvalue weighted by Crippen LogP contribution is -2.22. The zero-order valence-electron chi connectivity index (χ0n) is 20.3. The van der Waals surface area contributed by atoms with Crippen LogP contribution >= 0.6 is 0 Å². The molecule has 0 aliphatic heterocycles. The van der Waals surface area contributed by atoms with E-state index >= 15 is 0 Å². The number of Topliss-reactive ketones (excluding diaryl/α,β-unsaturated/α-hetero) is 2. The number of pyridine rings is 3. The van der Waals surface area contributed by atoms with Crippen LogP contribution in [-0.2, 0) is 12.8 Å². The summed E-state index contributed by atoms with van der Waals surface area (Å²) in [6.07, 6.45) is 2.82. The number of carbonyl (C=O) groups is 2. The maximum atomic E-state index is 12.7. The van der Waals surface area contributed by atoms with Gasteiger partial charge in [0.2, 0.25) is 0 Å². The molecule has 3 rings (SSSR count). The molecule has 5 heteroatoms. The molecule has 3 aromatic heterocycles. The average Bonchev–Trinajstić information content (AvgIpc) is 2.77. The Morgan fingerprint density at radius 3 is 1.48 bits per heavy atom. The summed E-state index contributed by atoms with van der Waals surface area (Å²) >= 11 is 0. The lowest BCUT2D eigenvalue weighted by Gasteiger charge is -2.19. The SMILES string of the molecule is CC(C)(C)C(=O)c1cccc(C[C](Cc2cccc(C(=O)C(C)(C)C)n2)c2ccccn2)n1. The number of hydrogen-bond acceptors (Lipinski definition) is 5. The van der Waals surface area contributed by atoms with Gasteiger partial charge < -0.3 is 0 Å². The molecule has 33 heavy (non-hydrogen) atoms. The van der Waals surface area contributed by atoms with E-state index in [9.17, 15) is 9.59 Å². The van der Waals surface area contributed by atoms with Crippen molar-refractivity contribution in [2.45, 2.75) is 54.4 Å². The Bertz CT molecular complexity index is 1050. The van der Waals surface area contributed by atoms with Crippen LogP contribution < -0.4 is 0 Å². The highest BCUT2D eigenvalue weighted by Gasteiger charge is 2.26. The fourth-order valence-electron chi connectivity index (χ4n) is 3.43. The number of nitrogens with zero attached hydrogens (tertiary/aromatic N) is 3. The average molecular weight is 443 g/mol. The van der Waals surface area contributed by atoms with Gasteiger partial charge >= 0.3 is 0 Å². The zero-order valence-corrected chi connectivity index (χ0v) is 20.3. The molecule has 0 atom stereocenters. The molecule has 0 N–H and O–H groups in total. The topological polar surface area (TPSA) is 72.8 Å². The normalized spacial score (nSPS) is 12.1. The van der Waals surface area contributed by atoms with Gasteiger partial charge in [0.05, 0.1) is 0 Å². The van der Waals surface area contributed by atoms with Gasteiger partial charge in [-0.3, -0.25) is 14.6 Å². The lowest BCUT2D eigenvalue weighted by atomic mass is 9.88. The minimum absolute atomic E-state index is 0.0128. The Balaban J connectivity index is 1.91. The standard InChI is InChI=1S/C28H32N3O2/c1-27(2,3)25(32)23-14-9-11-20(30-23)17-19(22-13-7-8-16-29-22)18-21-12-10-15-24(31-21)26(33)28(4,5)6/h7-16H,17-18H2,1-6H3. The van der Waals surface area contributed by atoms with Crippen molar-refractivity contribution in [2.75, 3.05) is 0 Å². The summed E-state index contributed by atoms with van der Waals surface area (Å²) in [4.78, 5) is 39.3. The Kier molecular flexibility index (Phi) is 7.21. The highest BCUT2D eigenvalue weighted by atomic mass is 16.1. The fourth-order valence-corrected chi connectivity index (χ4v) is 3.43. The van der Waals surface area contributed by atoms with Gasteiger partial charge in [-0.1, -0.05) is 59.7 Å². The molecule has 5 nitrogen and oxygen atoms in total. The first kappa shape index (κ1) is 24.4. The smallest absolute Gasteiger partial charge is 0.186 e. The number of hydrogen-bond donors (Lipinski definition) is 0. The van der Waals surface area contributed by atoms with E-state index in [2.05, 4.69) is 15.0 Å². The van der Waals surface area contributed by atoms with Crippen molar-refractivity contribution >= 4 is 11.6 Å². The van der Waals surface area contributed by atoms with Crippen LogP contribution in [0, 0.1) is 16.7 Å². The van der Waals surface area contributed by atoms with Crippen LogP contribution in [0.25, 0.3) is 0 Å². The van der Waals surface area contributed by atoms with Gasteiger partial charge in [-0.2, -0.15) is 0 Å². The van der Waals surface area contributed by atoms with E-state index in [0.29, 0.717) is 24.2 Å².